The second-order valence-electron chi connectivity index (χ2n) is 5.48. The van der Waals surface area contributed by atoms with Gasteiger partial charge in [-0.15, -0.1) is 0 Å². The number of hydrogen-bond donors (Lipinski definition) is 4. The molecule has 0 aliphatic carbocycles. The molecule has 0 bridgehead atoms. The first-order valence-electron chi connectivity index (χ1n) is 8.12. The maximum Gasteiger partial charge on any atom is 0.225 e. The second-order valence-corrected chi connectivity index (χ2v) is 5.48. The van der Waals surface area contributed by atoms with Crippen molar-refractivity contribution in [1.29, 1.82) is 0 Å². The summed E-state index contributed by atoms with van der Waals surface area (Å²) < 4.78 is 0. The normalized spacial score (nSPS) is 10.6. The van der Waals surface area contributed by atoms with Gasteiger partial charge < -0.3 is 26.4 Å². The lowest BCUT2D eigenvalue weighted by Gasteiger charge is -2.20. The summed E-state index contributed by atoms with van der Waals surface area (Å²) in [7, 11) is 1.94. The molecule has 0 unspecified atom stereocenters. The van der Waals surface area contributed by atoms with Crippen LogP contribution in [0.3, 0.4) is 0 Å². The highest BCUT2D eigenvalue weighted by Gasteiger charge is 2.14. The third-order valence-corrected chi connectivity index (χ3v) is 3.70. The first-order valence-corrected chi connectivity index (χ1v) is 8.12. The Morgan fingerprint density at radius 2 is 1.92 bits per heavy atom. The molecule has 0 saturated heterocycles. The molecule has 5 N–H and O–H groups in total. The minimum Gasteiger partial charge on any atom is -0.395 e. The summed E-state index contributed by atoms with van der Waals surface area (Å²) in [5, 5.41) is 15.3. The van der Waals surface area contributed by atoms with Crippen molar-refractivity contribution in [2.24, 2.45) is 0 Å². The fourth-order valence-electron chi connectivity index (χ4n) is 2.25. The molecular formula is C17H26N6O. The number of nitrogen functional groups attached to an aromatic ring is 1. The zero-order valence-corrected chi connectivity index (χ0v) is 14.3. The fraction of sp³-hybridized carbons (Fsp3) is 0.412. The maximum absolute atomic E-state index is 8.98. The van der Waals surface area contributed by atoms with Gasteiger partial charge >= 0.3 is 0 Å². The summed E-state index contributed by atoms with van der Waals surface area (Å²) in [4.78, 5) is 10.9. The van der Waals surface area contributed by atoms with Gasteiger partial charge in [-0.1, -0.05) is 30.3 Å². The van der Waals surface area contributed by atoms with Crippen LogP contribution in [0.2, 0.25) is 0 Å². The molecule has 0 aliphatic rings. The SMILES string of the molecule is CCN(C)c1nc(NCCO)nc(CNCc2ccccc2)c1N. The quantitative estimate of drug-likeness (QED) is 0.548. The van der Waals surface area contributed by atoms with Crippen LogP contribution < -0.4 is 21.3 Å². The third kappa shape index (κ3) is 4.81. The van der Waals surface area contributed by atoms with Crippen molar-refractivity contribution in [3.05, 3.63) is 41.6 Å². The lowest BCUT2D eigenvalue weighted by atomic mass is 10.2. The molecule has 0 atom stereocenters. The van der Waals surface area contributed by atoms with E-state index in [-0.39, 0.29) is 6.61 Å². The average molecular weight is 330 g/mol. The molecular weight excluding hydrogens is 304 g/mol. The summed E-state index contributed by atoms with van der Waals surface area (Å²) in [5.41, 5.74) is 8.78. The zero-order valence-electron chi connectivity index (χ0n) is 14.3. The Hall–Kier alpha value is -2.38. The van der Waals surface area contributed by atoms with E-state index in [1.807, 2.05) is 37.1 Å². The van der Waals surface area contributed by atoms with Crippen LogP contribution in [-0.4, -0.2) is 41.8 Å². The van der Waals surface area contributed by atoms with Crippen molar-refractivity contribution < 1.29 is 5.11 Å². The molecule has 2 aromatic rings. The van der Waals surface area contributed by atoms with Crippen molar-refractivity contribution in [1.82, 2.24) is 15.3 Å². The Bertz CT molecular complexity index is 634. The zero-order chi connectivity index (χ0) is 17.4. The summed E-state index contributed by atoms with van der Waals surface area (Å²) >= 11 is 0. The van der Waals surface area contributed by atoms with Crippen LogP contribution >= 0.6 is 0 Å². The molecule has 130 valence electrons. The summed E-state index contributed by atoms with van der Waals surface area (Å²) in [6.07, 6.45) is 0. The van der Waals surface area contributed by atoms with Crippen molar-refractivity contribution in [3.8, 4) is 0 Å². The van der Waals surface area contributed by atoms with E-state index in [1.165, 1.54) is 5.56 Å². The Balaban J connectivity index is 2.13. The predicted octanol–water partition coefficient (Wildman–Crippen LogP) is 1.21. The van der Waals surface area contributed by atoms with Gasteiger partial charge in [0.15, 0.2) is 5.82 Å². The highest BCUT2D eigenvalue weighted by atomic mass is 16.3. The minimum atomic E-state index is 0.0221. The van der Waals surface area contributed by atoms with Crippen LogP contribution in [0, 0.1) is 0 Å². The number of rotatable bonds is 9. The Morgan fingerprint density at radius 1 is 1.17 bits per heavy atom. The van der Waals surface area contributed by atoms with Crippen LogP contribution in [0.5, 0.6) is 0 Å². The van der Waals surface area contributed by atoms with E-state index in [1.54, 1.807) is 0 Å². The van der Waals surface area contributed by atoms with Gasteiger partial charge in [-0.05, 0) is 12.5 Å². The Labute approximate surface area is 142 Å². The van der Waals surface area contributed by atoms with Crippen molar-refractivity contribution in [2.45, 2.75) is 20.0 Å². The number of aliphatic hydroxyl groups is 1. The number of nitrogens with one attached hydrogen (secondary N) is 2. The summed E-state index contributed by atoms with van der Waals surface area (Å²) in [6, 6.07) is 10.2. The van der Waals surface area contributed by atoms with Crippen molar-refractivity contribution in [2.75, 3.05) is 42.7 Å². The molecule has 7 heteroatoms. The van der Waals surface area contributed by atoms with Crippen LogP contribution in [0.15, 0.2) is 30.3 Å². The molecule has 24 heavy (non-hydrogen) atoms. The number of hydrogen-bond acceptors (Lipinski definition) is 7. The molecule has 0 amide bonds. The molecule has 0 radical (unpaired) electrons. The summed E-state index contributed by atoms with van der Waals surface area (Å²) in [5.74, 6) is 1.18. The predicted molar refractivity (Wildman–Crippen MR) is 97.9 cm³/mol. The molecule has 7 nitrogen and oxygen atoms in total. The van der Waals surface area contributed by atoms with E-state index in [2.05, 4.69) is 32.7 Å². The van der Waals surface area contributed by atoms with Crippen LogP contribution in [-0.2, 0) is 13.1 Å². The van der Waals surface area contributed by atoms with Crippen LogP contribution in [0.25, 0.3) is 0 Å². The molecule has 1 heterocycles. The molecule has 1 aromatic carbocycles. The summed E-state index contributed by atoms with van der Waals surface area (Å²) in [6.45, 7) is 4.53. The van der Waals surface area contributed by atoms with Crippen LogP contribution in [0.1, 0.15) is 18.2 Å². The van der Waals surface area contributed by atoms with Gasteiger partial charge in [0.05, 0.1) is 18.0 Å². The number of benzene rings is 1. The molecule has 1 aromatic heterocycles. The number of nitrogens with zero attached hydrogens (tertiary/aromatic N) is 3. The standard InChI is InChI=1S/C17H26N6O/c1-3-23(2)16-15(18)14(21-17(22-16)20-9-10-24)12-19-11-13-7-5-4-6-8-13/h4-8,19,24H,3,9-12,18H2,1-2H3,(H,20,21,22). The van der Waals surface area contributed by atoms with Crippen molar-refractivity contribution in [3.63, 3.8) is 0 Å². The van der Waals surface area contributed by atoms with Crippen molar-refractivity contribution >= 4 is 17.5 Å². The number of aromatic nitrogens is 2. The number of anilines is 3. The lowest BCUT2D eigenvalue weighted by Crippen LogP contribution is -2.23. The van der Waals surface area contributed by atoms with E-state index < -0.39 is 0 Å². The fourth-order valence-corrected chi connectivity index (χ4v) is 2.25. The third-order valence-electron chi connectivity index (χ3n) is 3.70. The van der Waals surface area contributed by atoms with Gasteiger partial charge in [-0.3, -0.25) is 0 Å². The Kier molecular flexibility index (Phi) is 6.77. The molecule has 0 saturated carbocycles. The molecule has 0 aliphatic heterocycles. The van der Waals surface area contributed by atoms with E-state index in [9.17, 15) is 0 Å². The van der Waals surface area contributed by atoms with Gasteiger partial charge in [0.2, 0.25) is 5.95 Å². The van der Waals surface area contributed by atoms with E-state index in [0.717, 1.165) is 18.8 Å². The lowest BCUT2D eigenvalue weighted by molar-refractivity contribution is 0.311. The van der Waals surface area contributed by atoms with E-state index in [4.69, 9.17) is 10.8 Å². The topological polar surface area (TPSA) is 99.3 Å². The number of aliphatic hydroxyl groups excluding tert-OH is 1. The smallest absolute Gasteiger partial charge is 0.225 e. The largest absolute Gasteiger partial charge is 0.395 e. The number of nitrogens with two attached hydrogens (primary N) is 1. The highest BCUT2D eigenvalue weighted by Crippen LogP contribution is 2.24. The second kappa shape index (κ2) is 9.05. The minimum absolute atomic E-state index is 0.0221. The van der Waals surface area contributed by atoms with Crippen LogP contribution in [0.4, 0.5) is 17.5 Å². The van der Waals surface area contributed by atoms with E-state index >= 15 is 0 Å². The van der Waals surface area contributed by atoms with Gasteiger partial charge in [0.1, 0.15) is 0 Å². The highest BCUT2D eigenvalue weighted by molar-refractivity contribution is 5.66. The molecule has 0 fully saturated rings. The van der Waals surface area contributed by atoms with Gasteiger partial charge in [0, 0.05) is 33.2 Å². The first kappa shape index (κ1) is 18.0. The first-order chi connectivity index (χ1) is 11.7. The van der Waals surface area contributed by atoms with E-state index in [0.29, 0.717) is 30.5 Å². The average Bonchev–Trinajstić information content (AvgIpc) is 2.62. The van der Waals surface area contributed by atoms with Gasteiger partial charge in [-0.2, -0.15) is 4.98 Å². The monoisotopic (exact) mass is 330 g/mol. The van der Waals surface area contributed by atoms with Gasteiger partial charge in [-0.25, -0.2) is 4.98 Å². The molecule has 0 spiro atoms. The maximum atomic E-state index is 8.98. The Morgan fingerprint density at radius 3 is 2.58 bits per heavy atom. The molecule has 2 rings (SSSR count). The van der Waals surface area contributed by atoms with Gasteiger partial charge in [0.25, 0.3) is 0 Å².